The molecule has 1 aromatic carbocycles. The molecule has 1 fully saturated rings. The number of aromatic nitrogens is 1. The van der Waals surface area contributed by atoms with E-state index in [-0.39, 0.29) is 36.3 Å². The van der Waals surface area contributed by atoms with Gasteiger partial charge in [-0.05, 0) is 43.3 Å². The molecule has 1 saturated heterocycles. The SMILES string of the molecule is CCOc1ccc(N2CC(C(=O)Nc3ncccc3O)CC2=O)cc1. The van der Waals surface area contributed by atoms with Crippen molar-refractivity contribution in [2.75, 3.05) is 23.4 Å². The van der Waals surface area contributed by atoms with E-state index in [4.69, 9.17) is 4.74 Å². The van der Waals surface area contributed by atoms with E-state index in [1.54, 1.807) is 35.2 Å². The minimum Gasteiger partial charge on any atom is -0.504 e. The number of aromatic hydroxyl groups is 1. The van der Waals surface area contributed by atoms with E-state index in [0.29, 0.717) is 6.61 Å². The molecule has 1 unspecified atom stereocenters. The number of nitrogens with zero attached hydrogens (tertiary/aromatic N) is 2. The summed E-state index contributed by atoms with van der Waals surface area (Å²) in [5.41, 5.74) is 0.726. The molecular weight excluding hydrogens is 322 g/mol. The highest BCUT2D eigenvalue weighted by Gasteiger charge is 2.35. The predicted molar refractivity (Wildman–Crippen MR) is 92.6 cm³/mol. The molecule has 3 rings (SSSR count). The molecule has 0 radical (unpaired) electrons. The summed E-state index contributed by atoms with van der Waals surface area (Å²) in [5.74, 6) is -0.230. The lowest BCUT2D eigenvalue weighted by Crippen LogP contribution is -2.28. The van der Waals surface area contributed by atoms with Crippen molar-refractivity contribution < 1.29 is 19.4 Å². The Labute approximate surface area is 145 Å². The van der Waals surface area contributed by atoms with Gasteiger partial charge in [0, 0.05) is 24.8 Å². The normalized spacial score (nSPS) is 16.8. The second-order valence-electron chi connectivity index (χ2n) is 5.69. The molecule has 7 nitrogen and oxygen atoms in total. The molecule has 0 saturated carbocycles. The molecule has 2 amide bonds. The molecule has 7 heteroatoms. The molecule has 2 heterocycles. The summed E-state index contributed by atoms with van der Waals surface area (Å²) in [4.78, 5) is 30.1. The first-order chi connectivity index (χ1) is 12.1. The van der Waals surface area contributed by atoms with E-state index < -0.39 is 5.92 Å². The number of ether oxygens (including phenoxy) is 1. The summed E-state index contributed by atoms with van der Waals surface area (Å²) < 4.78 is 5.39. The Hall–Kier alpha value is -3.09. The fourth-order valence-electron chi connectivity index (χ4n) is 2.73. The second kappa shape index (κ2) is 7.21. The van der Waals surface area contributed by atoms with Gasteiger partial charge in [-0.15, -0.1) is 0 Å². The van der Waals surface area contributed by atoms with Gasteiger partial charge in [-0.2, -0.15) is 0 Å². The number of amides is 2. The number of carbonyl (C=O) groups excluding carboxylic acids is 2. The van der Waals surface area contributed by atoms with Gasteiger partial charge in [0.25, 0.3) is 0 Å². The summed E-state index contributed by atoms with van der Waals surface area (Å²) in [6.07, 6.45) is 1.59. The number of nitrogens with one attached hydrogen (secondary N) is 1. The molecule has 2 N–H and O–H groups in total. The Morgan fingerprint density at radius 3 is 2.80 bits per heavy atom. The van der Waals surface area contributed by atoms with Crippen molar-refractivity contribution in [3.63, 3.8) is 0 Å². The molecule has 1 aliphatic rings. The van der Waals surface area contributed by atoms with Gasteiger partial charge in [0.2, 0.25) is 11.8 Å². The molecule has 0 aliphatic carbocycles. The summed E-state index contributed by atoms with van der Waals surface area (Å²) in [7, 11) is 0. The van der Waals surface area contributed by atoms with Crippen LogP contribution in [0.25, 0.3) is 0 Å². The quantitative estimate of drug-likeness (QED) is 0.870. The van der Waals surface area contributed by atoms with Gasteiger partial charge in [-0.1, -0.05) is 0 Å². The number of carbonyl (C=O) groups is 2. The molecule has 1 aliphatic heterocycles. The molecule has 1 aromatic heterocycles. The van der Waals surface area contributed by atoms with E-state index in [2.05, 4.69) is 10.3 Å². The number of benzene rings is 1. The Morgan fingerprint density at radius 1 is 1.36 bits per heavy atom. The molecule has 0 bridgehead atoms. The number of hydrogen-bond acceptors (Lipinski definition) is 5. The van der Waals surface area contributed by atoms with Crippen LogP contribution in [0.5, 0.6) is 11.5 Å². The maximum atomic E-state index is 12.4. The molecule has 1 atom stereocenters. The highest BCUT2D eigenvalue weighted by molar-refractivity contribution is 6.03. The van der Waals surface area contributed by atoms with Crippen LogP contribution in [0, 0.1) is 5.92 Å². The smallest absolute Gasteiger partial charge is 0.231 e. The average molecular weight is 341 g/mol. The maximum absolute atomic E-state index is 12.4. The van der Waals surface area contributed by atoms with Crippen molar-refractivity contribution >= 4 is 23.3 Å². The topological polar surface area (TPSA) is 91.8 Å². The third kappa shape index (κ3) is 3.71. The molecule has 25 heavy (non-hydrogen) atoms. The maximum Gasteiger partial charge on any atom is 0.231 e. The van der Waals surface area contributed by atoms with Crippen LogP contribution in [-0.2, 0) is 9.59 Å². The van der Waals surface area contributed by atoms with Gasteiger partial charge < -0.3 is 20.1 Å². The number of anilines is 2. The second-order valence-corrected chi connectivity index (χ2v) is 5.69. The lowest BCUT2D eigenvalue weighted by Gasteiger charge is -2.17. The van der Waals surface area contributed by atoms with Crippen LogP contribution < -0.4 is 15.0 Å². The number of hydrogen-bond donors (Lipinski definition) is 2. The predicted octanol–water partition coefficient (Wildman–Crippen LogP) is 2.18. The highest BCUT2D eigenvalue weighted by Crippen LogP contribution is 2.28. The first kappa shape index (κ1) is 16.8. The summed E-state index contributed by atoms with van der Waals surface area (Å²) in [6.45, 7) is 2.76. The largest absolute Gasteiger partial charge is 0.504 e. The highest BCUT2D eigenvalue weighted by atomic mass is 16.5. The van der Waals surface area contributed by atoms with Crippen molar-refractivity contribution in [2.45, 2.75) is 13.3 Å². The van der Waals surface area contributed by atoms with Crippen LogP contribution in [0.1, 0.15) is 13.3 Å². The first-order valence-electron chi connectivity index (χ1n) is 8.06. The third-order valence-corrected chi connectivity index (χ3v) is 3.98. The van der Waals surface area contributed by atoms with Crippen molar-refractivity contribution in [3.8, 4) is 11.5 Å². The van der Waals surface area contributed by atoms with Crippen molar-refractivity contribution in [3.05, 3.63) is 42.6 Å². The lowest BCUT2D eigenvalue weighted by atomic mass is 10.1. The Kier molecular flexibility index (Phi) is 4.83. The van der Waals surface area contributed by atoms with Gasteiger partial charge in [0.05, 0.1) is 12.5 Å². The van der Waals surface area contributed by atoms with Crippen LogP contribution in [0.15, 0.2) is 42.6 Å². The lowest BCUT2D eigenvalue weighted by molar-refractivity contribution is -0.122. The zero-order valence-electron chi connectivity index (χ0n) is 13.8. The minimum atomic E-state index is -0.500. The van der Waals surface area contributed by atoms with E-state index in [9.17, 15) is 14.7 Å². The van der Waals surface area contributed by atoms with Crippen molar-refractivity contribution in [2.24, 2.45) is 5.92 Å². The van der Waals surface area contributed by atoms with Gasteiger partial charge in [0.1, 0.15) is 5.75 Å². The van der Waals surface area contributed by atoms with E-state index in [1.807, 2.05) is 6.92 Å². The molecule has 2 aromatic rings. The van der Waals surface area contributed by atoms with E-state index in [1.165, 1.54) is 12.3 Å². The van der Waals surface area contributed by atoms with Gasteiger partial charge in [-0.3, -0.25) is 9.59 Å². The zero-order chi connectivity index (χ0) is 17.8. The number of rotatable bonds is 5. The fraction of sp³-hybridized carbons (Fsp3) is 0.278. The van der Waals surface area contributed by atoms with Crippen LogP contribution in [0.2, 0.25) is 0 Å². The standard InChI is InChI=1S/C18H19N3O4/c1-2-25-14-7-5-13(6-8-14)21-11-12(10-16(21)23)18(24)20-17-15(22)4-3-9-19-17/h3-9,12,22H,2,10-11H2,1H3,(H,19,20,24). The van der Waals surface area contributed by atoms with Crippen molar-refractivity contribution in [1.29, 1.82) is 0 Å². The van der Waals surface area contributed by atoms with Gasteiger partial charge >= 0.3 is 0 Å². The molecule has 130 valence electrons. The van der Waals surface area contributed by atoms with Gasteiger partial charge in [0.15, 0.2) is 11.6 Å². The summed E-state index contributed by atoms with van der Waals surface area (Å²) in [6, 6.07) is 10.2. The Bertz CT molecular complexity index is 776. The Morgan fingerprint density at radius 2 is 2.12 bits per heavy atom. The monoisotopic (exact) mass is 341 g/mol. The zero-order valence-corrected chi connectivity index (χ0v) is 13.8. The van der Waals surface area contributed by atoms with Crippen LogP contribution >= 0.6 is 0 Å². The van der Waals surface area contributed by atoms with Crippen molar-refractivity contribution in [1.82, 2.24) is 4.98 Å². The van der Waals surface area contributed by atoms with Crippen LogP contribution in [0.3, 0.4) is 0 Å². The third-order valence-electron chi connectivity index (χ3n) is 3.98. The summed E-state index contributed by atoms with van der Waals surface area (Å²) >= 11 is 0. The van der Waals surface area contributed by atoms with Crippen LogP contribution in [0.4, 0.5) is 11.5 Å². The van der Waals surface area contributed by atoms with E-state index in [0.717, 1.165) is 11.4 Å². The average Bonchev–Trinajstić information content (AvgIpc) is 3.00. The first-order valence-corrected chi connectivity index (χ1v) is 8.06. The van der Waals surface area contributed by atoms with E-state index >= 15 is 0 Å². The fourth-order valence-corrected chi connectivity index (χ4v) is 2.73. The Balaban J connectivity index is 1.67. The molecular formula is C18H19N3O4. The number of pyridine rings is 1. The van der Waals surface area contributed by atoms with Gasteiger partial charge in [-0.25, -0.2) is 4.98 Å². The van der Waals surface area contributed by atoms with Crippen LogP contribution in [-0.4, -0.2) is 35.1 Å². The summed E-state index contributed by atoms with van der Waals surface area (Å²) in [5, 5.41) is 12.3. The molecule has 0 spiro atoms. The minimum absolute atomic E-state index is 0.0967.